The van der Waals surface area contributed by atoms with Crippen molar-refractivity contribution in [3.05, 3.63) is 58.5 Å². The van der Waals surface area contributed by atoms with E-state index in [0.29, 0.717) is 0 Å². The topological polar surface area (TPSA) is 43.1 Å². The van der Waals surface area contributed by atoms with Gasteiger partial charge in [-0.2, -0.15) is 0 Å². The largest absolute Gasteiger partial charge is 0.269 e. The highest BCUT2D eigenvalue weighted by atomic mass is 32.1. The van der Waals surface area contributed by atoms with Crippen LogP contribution in [0.4, 0.5) is 0 Å². The Morgan fingerprint density at radius 1 is 1.00 bits per heavy atom. The molecule has 3 heterocycles. The van der Waals surface area contributed by atoms with Crippen molar-refractivity contribution >= 4 is 27.2 Å². The lowest BCUT2D eigenvalue weighted by Gasteiger charge is -2.10. The first-order chi connectivity index (χ1) is 11.9. The number of nitrogens with zero attached hydrogens (tertiary/aromatic N) is 4. The summed E-state index contributed by atoms with van der Waals surface area (Å²) < 4.78 is 2.09. The molecule has 0 spiro atoms. The molecular formula is C19H18N4S. The zero-order valence-corrected chi connectivity index (χ0v) is 14.2. The minimum atomic E-state index is 0.880. The Balaban J connectivity index is 1.57. The molecule has 0 saturated carbocycles. The summed E-state index contributed by atoms with van der Waals surface area (Å²) in [4.78, 5) is 7.33. The van der Waals surface area contributed by atoms with Gasteiger partial charge < -0.3 is 0 Å². The number of rotatable bonds is 3. The van der Waals surface area contributed by atoms with Crippen molar-refractivity contribution in [2.45, 2.75) is 38.5 Å². The molecule has 0 fully saturated rings. The maximum atomic E-state index is 4.70. The van der Waals surface area contributed by atoms with Gasteiger partial charge in [-0.05, 0) is 43.2 Å². The quantitative estimate of drug-likeness (QED) is 0.569. The molecule has 0 amide bonds. The molecule has 0 atom stereocenters. The minimum Gasteiger partial charge on any atom is -0.269 e. The van der Waals surface area contributed by atoms with E-state index in [0.717, 1.165) is 35.6 Å². The summed E-state index contributed by atoms with van der Waals surface area (Å²) in [5.74, 6) is 0.999. The third kappa shape index (κ3) is 2.23. The number of hydrogen-bond donors (Lipinski definition) is 0. The molecule has 120 valence electrons. The van der Waals surface area contributed by atoms with Crippen LogP contribution in [0.5, 0.6) is 0 Å². The molecule has 4 nitrogen and oxygen atoms in total. The van der Waals surface area contributed by atoms with E-state index in [9.17, 15) is 0 Å². The zero-order chi connectivity index (χ0) is 15.9. The van der Waals surface area contributed by atoms with Crippen LogP contribution in [-0.2, 0) is 25.7 Å². The van der Waals surface area contributed by atoms with Crippen LogP contribution in [0.25, 0.3) is 15.9 Å². The molecule has 0 bridgehead atoms. The van der Waals surface area contributed by atoms with Crippen molar-refractivity contribution in [2.75, 3.05) is 0 Å². The Bertz CT molecular complexity index is 1020. The van der Waals surface area contributed by atoms with Crippen LogP contribution in [-0.4, -0.2) is 19.6 Å². The van der Waals surface area contributed by atoms with E-state index in [-0.39, 0.29) is 0 Å². The van der Waals surface area contributed by atoms with Gasteiger partial charge in [-0.3, -0.25) is 4.40 Å². The molecule has 24 heavy (non-hydrogen) atoms. The molecule has 0 N–H and O–H groups in total. The molecule has 5 rings (SSSR count). The van der Waals surface area contributed by atoms with Crippen LogP contribution in [0.2, 0.25) is 0 Å². The first kappa shape index (κ1) is 14.1. The first-order valence-electron chi connectivity index (χ1n) is 8.57. The lowest BCUT2D eigenvalue weighted by atomic mass is 9.97. The molecule has 0 radical (unpaired) electrons. The van der Waals surface area contributed by atoms with Crippen LogP contribution in [0.1, 0.15) is 34.7 Å². The Morgan fingerprint density at radius 2 is 1.88 bits per heavy atom. The lowest BCUT2D eigenvalue weighted by molar-refractivity contribution is 0.700. The van der Waals surface area contributed by atoms with Gasteiger partial charge in [0.25, 0.3) is 0 Å². The van der Waals surface area contributed by atoms with Gasteiger partial charge in [0.1, 0.15) is 17.0 Å². The van der Waals surface area contributed by atoms with Crippen LogP contribution in [0, 0.1) is 0 Å². The van der Waals surface area contributed by atoms with Gasteiger partial charge in [0.05, 0.1) is 5.39 Å². The summed E-state index contributed by atoms with van der Waals surface area (Å²) in [6, 6.07) is 10.5. The second-order valence-corrected chi connectivity index (χ2v) is 7.51. The van der Waals surface area contributed by atoms with Gasteiger partial charge in [0.2, 0.25) is 0 Å². The summed E-state index contributed by atoms with van der Waals surface area (Å²) >= 11 is 1.84. The highest BCUT2D eigenvalue weighted by molar-refractivity contribution is 7.19. The standard InChI is InChI=1S/C19H18N4S/c1-2-6-13(7-3-1)10-11-16-21-22-18-17-14-8-4-5-9-15(14)24-19(17)20-12-23(16)18/h1-3,6-7,12H,4-5,8-11H2. The van der Waals surface area contributed by atoms with E-state index >= 15 is 0 Å². The number of fused-ring (bicyclic) bond motifs is 5. The minimum absolute atomic E-state index is 0.880. The van der Waals surface area contributed by atoms with Crippen LogP contribution < -0.4 is 0 Å². The normalized spacial score (nSPS) is 14.3. The van der Waals surface area contributed by atoms with Crippen molar-refractivity contribution in [3.8, 4) is 0 Å². The Hall–Kier alpha value is -2.27. The molecular weight excluding hydrogens is 316 g/mol. The second-order valence-electron chi connectivity index (χ2n) is 6.43. The first-order valence-corrected chi connectivity index (χ1v) is 9.38. The van der Waals surface area contributed by atoms with Crippen LogP contribution in [0.15, 0.2) is 36.7 Å². The van der Waals surface area contributed by atoms with Gasteiger partial charge in [-0.25, -0.2) is 4.98 Å². The van der Waals surface area contributed by atoms with E-state index in [1.54, 1.807) is 0 Å². The van der Waals surface area contributed by atoms with Gasteiger partial charge in [-0.15, -0.1) is 21.5 Å². The average Bonchev–Trinajstić information content (AvgIpc) is 3.21. The van der Waals surface area contributed by atoms with Crippen molar-refractivity contribution in [2.24, 2.45) is 0 Å². The van der Waals surface area contributed by atoms with Crippen molar-refractivity contribution < 1.29 is 0 Å². The monoisotopic (exact) mass is 334 g/mol. The molecule has 0 aliphatic heterocycles. The maximum absolute atomic E-state index is 4.70. The molecule has 1 aromatic carbocycles. The predicted molar refractivity (Wildman–Crippen MR) is 96.7 cm³/mol. The fraction of sp³-hybridized carbons (Fsp3) is 0.316. The summed E-state index contributed by atoms with van der Waals surface area (Å²) in [6.07, 6.45) is 8.67. The third-order valence-electron chi connectivity index (χ3n) is 4.91. The Morgan fingerprint density at radius 3 is 2.79 bits per heavy atom. The van der Waals surface area contributed by atoms with E-state index < -0.39 is 0 Å². The van der Waals surface area contributed by atoms with Gasteiger partial charge in [0.15, 0.2) is 5.65 Å². The fourth-order valence-electron chi connectivity index (χ4n) is 3.67. The number of aryl methyl sites for hydroxylation is 4. The smallest absolute Gasteiger partial charge is 0.172 e. The van der Waals surface area contributed by atoms with Crippen molar-refractivity contribution in [3.63, 3.8) is 0 Å². The van der Waals surface area contributed by atoms with E-state index in [2.05, 4.69) is 44.9 Å². The summed E-state index contributed by atoms with van der Waals surface area (Å²) in [5, 5.41) is 10.2. The lowest BCUT2D eigenvalue weighted by Crippen LogP contribution is -2.00. The van der Waals surface area contributed by atoms with E-state index in [4.69, 9.17) is 4.98 Å². The van der Waals surface area contributed by atoms with Gasteiger partial charge in [-0.1, -0.05) is 30.3 Å². The fourth-order valence-corrected chi connectivity index (χ4v) is 4.89. The SMILES string of the molecule is c1ccc(CCc2nnc3c4c5c(sc4ncn23)CCCC5)cc1. The maximum Gasteiger partial charge on any atom is 0.172 e. The van der Waals surface area contributed by atoms with E-state index in [1.165, 1.54) is 40.7 Å². The van der Waals surface area contributed by atoms with Crippen LogP contribution >= 0.6 is 11.3 Å². The predicted octanol–water partition coefficient (Wildman–Crippen LogP) is 4.00. The van der Waals surface area contributed by atoms with Crippen molar-refractivity contribution in [1.82, 2.24) is 19.6 Å². The Labute approximate surface area is 144 Å². The third-order valence-corrected chi connectivity index (χ3v) is 6.11. The van der Waals surface area contributed by atoms with E-state index in [1.807, 2.05) is 17.7 Å². The Kier molecular flexibility index (Phi) is 3.33. The zero-order valence-electron chi connectivity index (χ0n) is 13.4. The van der Waals surface area contributed by atoms with Crippen LogP contribution in [0.3, 0.4) is 0 Å². The summed E-state index contributed by atoms with van der Waals surface area (Å²) in [6.45, 7) is 0. The molecule has 1 aliphatic rings. The summed E-state index contributed by atoms with van der Waals surface area (Å²) in [7, 11) is 0. The number of hydrogen-bond acceptors (Lipinski definition) is 4. The van der Waals surface area contributed by atoms with Gasteiger partial charge in [0, 0.05) is 11.3 Å². The summed E-state index contributed by atoms with van der Waals surface area (Å²) in [5.41, 5.74) is 3.79. The molecule has 5 heteroatoms. The second kappa shape index (κ2) is 5.67. The van der Waals surface area contributed by atoms with Gasteiger partial charge >= 0.3 is 0 Å². The van der Waals surface area contributed by atoms with Crippen molar-refractivity contribution in [1.29, 1.82) is 0 Å². The number of benzene rings is 1. The highest BCUT2D eigenvalue weighted by Crippen LogP contribution is 2.36. The number of aromatic nitrogens is 4. The molecule has 0 saturated heterocycles. The highest BCUT2D eigenvalue weighted by Gasteiger charge is 2.20. The average molecular weight is 334 g/mol. The molecule has 4 aromatic rings. The molecule has 0 unspecified atom stereocenters. The number of thiophene rings is 1. The molecule has 1 aliphatic carbocycles. The molecule has 3 aromatic heterocycles.